The summed E-state index contributed by atoms with van der Waals surface area (Å²) in [5, 5.41) is 3.63. The van der Waals surface area contributed by atoms with Crippen LogP contribution < -0.4 is 5.32 Å². The highest BCUT2D eigenvalue weighted by Crippen LogP contribution is 2.28. The maximum atomic E-state index is 13.2. The predicted octanol–water partition coefficient (Wildman–Crippen LogP) is 5.47. The second-order valence-electron chi connectivity index (χ2n) is 6.29. The van der Waals surface area contributed by atoms with E-state index in [0.29, 0.717) is 6.04 Å². The van der Waals surface area contributed by atoms with E-state index in [1.54, 1.807) is 12.1 Å². The van der Waals surface area contributed by atoms with Crippen LogP contribution in [0.15, 0.2) is 22.7 Å². The summed E-state index contributed by atoms with van der Waals surface area (Å²) in [6, 6.07) is 5.55. The van der Waals surface area contributed by atoms with Gasteiger partial charge in [-0.15, -0.1) is 0 Å². The molecular weight excluding hydrogens is 329 g/mol. The Kier molecular flexibility index (Phi) is 7.18. The number of likely N-dealkylation sites (N-methyl/N-ethyl adjacent to an activating group) is 1. The van der Waals surface area contributed by atoms with E-state index in [1.807, 2.05) is 6.07 Å². The van der Waals surface area contributed by atoms with Gasteiger partial charge in [0.2, 0.25) is 0 Å². The van der Waals surface area contributed by atoms with E-state index in [-0.39, 0.29) is 5.82 Å². The monoisotopic (exact) mass is 355 g/mol. The largest absolute Gasteiger partial charge is 0.314 e. The van der Waals surface area contributed by atoms with Crippen molar-refractivity contribution in [1.29, 1.82) is 0 Å². The number of nitrogens with one attached hydrogen (secondary N) is 1. The summed E-state index contributed by atoms with van der Waals surface area (Å²) in [6.45, 7) is 3.16. The minimum absolute atomic E-state index is 0.172. The molecule has 1 nitrogen and oxygen atoms in total. The van der Waals surface area contributed by atoms with Crippen molar-refractivity contribution in [3.63, 3.8) is 0 Å². The van der Waals surface area contributed by atoms with Gasteiger partial charge in [-0.1, -0.05) is 67.4 Å². The van der Waals surface area contributed by atoms with E-state index < -0.39 is 0 Å². The van der Waals surface area contributed by atoms with Gasteiger partial charge in [0.25, 0.3) is 0 Å². The number of halogens is 2. The second kappa shape index (κ2) is 8.89. The summed E-state index contributed by atoms with van der Waals surface area (Å²) >= 11 is 3.50. The molecule has 1 aromatic carbocycles. The summed E-state index contributed by atoms with van der Waals surface area (Å²) < 4.78 is 14.1. The normalized spacial score (nSPS) is 18.4. The molecule has 118 valence electrons. The van der Waals surface area contributed by atoms with E-state index in [4.69, 9.17) is 0 Å². The molecular formula is C18H27BrFN. The van der Waals surface area contributed by atoms with Crippen molar-refractivity contribution in [3.05, 3.63) is 34.1 Å². The number of hydrogen-bond donors (Lipinski definition) is 1. The molecule has 21 heavy (non-hydrogen) atoms. The molecule has 0 aromatic heterocycles. The zero-order valence-electron chi connectivity index (χ0n) is 13.0. The third-order valence-electron chi connectivity index (χ3n) is 4.57. The van der Waals surface area contributed by atoms with Crippen molar-refractivity contribution < 1.29 is 4.39 Å². The quantitative estimate of drug-likeness (QED) is 0.667. The Balaban J connectivity index is 1.97. The lowest BCUT2D eigenvalue weighted by Gasteiger charge is -2.24. The summed E-state index contributed by atoms with van der Waals surface area (Å²) in [4.78, 5) is 0. The maximum absolute atomic E-state index is 13.2. The van der Waals surface area contributed by atoms with Crippen molar-refractivity contribution in [1.82, 2.24) is 5.32 Å². The minimum Gasteiger partial charge on any atom is -0.314 e. The summed E-state index contributed by atoms with van der Waals surface area (Å²) in [7, 11) is 0. The molecule has 0 aliphatic heterocycles. The average Bonchev–Trinajstić information content (AvgIpc) is 2.71. The van der Waals surface area contributed by atoms with Crippen LogP contribution in [0.25, 0.3) is 0 Å². The van der Waals surface area contributed by atoms with Crippen LogP contribution in [0, 0.1) is 11.7 Å². The Bertz CT molecular complexity index is 427. The van der Waals surface area contributed by atoms with Gasteiger partial charge in [-0.2, -0.15) is 0 Å². The van der Waals surface area contributed by atoms with Crippen molar-refractivity contribution in [3.8, 4) is 0 Å². The Morgan fingerprint density at radius 1 is 1.24 bits per heavy atom. The molecule has 0 heterocycles. The Labute approximate surface area is 136 Å². The SMILES string of the molecule is CCNC(Cc1ccc(F)cc1Br)CC1CCCCCC1. The van der Waals surface area contributed by atoms with Crippen molar-refractivity contribution >= 4 is 15.9 Å². The summed E-state index contributed by atoms with van der Waals surface area (Å²) in [5.41, 5.74) is 1.20. The second-order valence-corrected chi connectivity index (χ2v) is 7.14. The summed E-state index contributed by atoms with van der Waals surface area (Å²) in [6.07, 6.45) is 10.6. The molecule has 1 atom stereocenters. The van der Waals surface area contributed by atoms with Crippen molar-refractivity contribution in [2.75, 3.05) is 6.54 Å². The molecule has 0 spiro atoms. The molecule has 0 bridgehead atoms. The van der Waals surface area contributed by atoms with E-state index in [9.17, 15) is 4.39 Å². The Hall–Kier alpha value is -0.410. The predicted molar refractivity (Wildman–Crippen MR) is 91.1 cm³/mol. The molecule has 2 rings (SSSR count). The Morgan fingerprint density at radius 3 is 2.57 bits per heavy atom. The van der Waals surface area contributed by atoms with Crippen LogP contribution in [0.5, 0.6) is 0 Å². The number of benzene rings is 1. The highest BCUT2D eigenvalue weighted by Gasteiger charge is 2.18. The molecule has 0 saturated heterocycles. The first-order chi connectivity index (χ1) is 10.2. The number of rotatable bonds is 6. The van der Waals surface area contributed by atoms with Crippen molar-refractivity contribution in [2.24, 2.45) is 5.92 Å². The molecule has 1 fully saturated rings. The van der Waals surface area contributed by atoms with Crippen LogP contribution in [-0.4, -0.2) is 12.6 Å². The fourth-order valence-corrected chi connectivity index (χ4v) is 3.99. The van der Waals surface area contributed by atoms with Gasteiger partial charge in [0, 0.05) is 10.5 Å². The van der Waals surface area contributed by atoms with Crippen LogP contribution in [-0.2, 0) is 6.42 Å². The molecule has 1 aromatic rings. The van der Waals surface area contributed by atoms with Gasteiger partial charge in [0.05, 0.1) is 0 Å². The third kappa shape index (κ3) is 5.71. The lowest BCUT2D eigenvalue weighted by molar-refractivity contribution is 0.352. The fraction of sp³-hybridized carbons (Fsp3) is 0.667. The van der Waals surface area contributed by atoms with E-state index in [0.717, 1.165) is 23.4 Å². The maximum Gasteiger partial charge on any atom is 0.124 e. The Morgan fingerprint density at radius 2 is 1.95 bits per heavy atom. The fourth-order valence-electron chi connectivity index (χ4n) is 3.48. The van der Waals surface area contributed by atoms with Gasteiger partial charge in [-0.25, -0.2) is 4.39 Å². The molecule has 0 radical (unpaired) electrons. The topological polar surface area (TPSA) is 12.0 Å². The zero-order chi connectivity index (χ0) is 15.1. The standard InChI is InChI=1S/C18H27BrFN/c1-2-21-17(11-14-7-5-3-4-6-8-14)12-15-9-10-16(20)13-18(15)19/h9-10,13-14,17,21H,2-8,11-12H2,1H3. The summed E-state index contributed by atoms with van der Waals surface area (Å²) in [5.74, 6) is 0.685. The highest BCUT2D eigenvalue weighted by atomic mass is 79.9. The minimum atomic E-state index is -0.172. The highest BCUT2D eigenvalue weighted by molar-refractivity contribution is 9.10. The number of hydrogen-bond acceptors (Lipinski definition) is 1. The van der Waals surface area contributed by atoms with Crippen LogP contribution in [0.2, 0.25) is 0 Å². The molecule has 3 heteroatoms. The first-order valence-electron chi connectivity index (χ1n) is 8.36. The van der Waals surface area contributed by atoms with Gasteiger partial charge >= 0.3 is 0 Å². The van der Waals surface area contributed by atoms with Gasteiger partial charge in [-0.05, 0) is 43.0 Å². The smallest absolute Gasteiger partial charge is 0.124 e. The molecule has 1 saturated carbocycles. The van der Waals surface area contributed by atoms with Crippen LogP contribution >= 0.6 is 15.9 Å². The van der Waals surface area contributed by atoms with Crippen LogP contribution in [0.4, 0.5) is 4.39 Å². The van der Waals surface area contributed by atoms with Gasteiger partial charge in [0.15, 0.2) is 0 Å². The molecule has 1 unspecified atom stereocenters. The van der Waals surface area contributed by atoms with Gasteiger partial charge in [-0.3, -0.25) is 0 Å². The van der Waals surface area contributed by atoms with E-state index in [2.05, 4.69) is 28.2 Å². The zero-order valence-corrected chi connectivity index (χ0v) is 14.6. The molecule has 1 aliphatic carbocycles. The lowest BCUT2D eigenvalue weighted by Crippen LogP contribution is -2.33. The van der Waals surface area contributed by atoms with Crippen molar-refractivity contribution in [2.45, 2.75) is 64.3 Å². The van der Waals surface area contributed by atoms with Crippen LogP contribution in [0.3, 0.4) is 0 Å². The van der Waals surface area contributed by atoms with E-state index in [1.165, 1.54) is 50.5 Å². The third-order valence-corrected chi connectivity index (χ3v) is 5.31. The molecule has 1 aliphatic rings. The average molecular weight is 356 g/mol. The molecule has 1 N–H and O–H groups in total. The molecule has 0 amide bonds. The van der Waals surface area contributed by atoms with E-state index >= 15 is 0 Å². The van der Waals surface area contributed by atoms with Gasteiger partial charge in [0.1, 0.15) is 5.82 Å². The lowest BCUT2D eigenvalue weighted by atomic mass is 9.90. The van der Waals surface area contributed by atoms with Crippen LogP contribution in [0.1, 0.15) is 57.4 Å². The first-order valence-corrected chi connectivity index (χ1v) is 9.15. The van der Waals surface area contributed by atoms with Gasteiger partial charge < -0.3 is 5.32 Å². The first kappa shape index (κ1) is 17.0.